The first kappa shape index (κ1) is 20.8. The quantitative estimate of drug-likeness (QED) is 0.582. The molecular formula is C22H19BrN4O4. The summed E-state index contributed by atoms with van der Waals surface area (Å²) in [4.78, 5) is 0. The van der Waals surface area contributed by atoms with Gasteiger partial charge >= 0.3 is 0 Å². The number of halogens is 1. The third kappa shape index (κ3) is 3.40. The summed E-state index contributed by atoms with van der Waals surface area (Å²) in [5.74, 6) is 0.705. The average molecular weight is 483 g/mol. The fourth-order valence-corrected chi connectivity index (χ4v) is 3.84. The summed E-state index contributed by atoms with van der Waals surface area (Å²) in [6.07, 6.45) is -0.997. The molecule has 1 aromatic heterocycles. The van der Waals surface area contributed by atoms with E-state index in [0.29, 0.717) is 28.3 Å². The first-order chi connectivity index (χ1) is 14.9. The van der Waals surface area contributed by atoms with Crippen molar-refractivity contribution in [2.45, 2.75) is 13.2 Å². The van der Waals surface area contributed by atoms with Crippen molar-refractivity contribution in [1.82, 2.24) is 9.78 Å². The van der Waals surface area contributed by atoms with E-state index >= 15 is 0 Å². The lowest BCUT2D eigenvalue weighted by Crippen LogP contribution is -2.33. The lowest BCUT2D eigenvalue weighted by molar-refractivity contribution is 0.228. The fourth-order valence-electron chi connectivity index (χ4n) is 3.57. The first-order valence-electron chi connectivity index (χ1n) is 9.27. The van der Waals surface area contributed by atoms with Crippen molar-refractivity contribution in [1.29, 1.82) is 5.26 Å². The van der Waals surface area contributed by atoms with Crippen molar-refractivity contribution in [2.75, 3.05) is 14.2 Å². The van der Waals surface area contributed by atoms with Crippen LogP contribution in [-0.2, 0) is 0 Å². The molecule has 0 saturated carbocycles. The normalized spacial score (nSPS) is 15.2. The van der Waals surface area contributed by atoms with E-state index in [2.05, 4.69) is 27.1 Å². The van der Waals surface area contributed by atoms with Crippen molar-refractivity contribution >= 4 is 21.5 Å². The molecule has 0 saturated heterocycles. The molecule has 1 aliphatic rings. The summed E-state index contributed by atoms with van der Waals surface area (Å²) in [5.41, 5.74) is 9.66. The maximum atomic E-state index is 10.3. The van der Waals surface area contributed by atoms with Crippen LogP contribution in [0.3, 0.4) is 0 Å². The predicted molar refractivity (Wildman–Crippen MR) is 117 cm³/mol. The molecule has 3 aromatic rings. The molecule has 1 unspecified atom stereocenters. The summed E-state index contributed by atoms with van der Waals surface area (Å²) in [7, 11) is 2.88. The Labute approximate surface area is 187 Å². The van der Waals surface area contributed by atoms with Crippen LogP contribution in [-0.4, -0.2) is 35.3 Å². The van der Waals surface area contributed by atoms with E-state index in [4.69, 9.17) is 19.9 Å². The molecule has 4 rings (SSSR count). The number of aromatic nitrogens is 2. The lowest BCUT2D eigenvalue weighted by atomic mass is 9.90. The molecule has 2 heterocycles. The number of aromatic hydroxyl groups is 1. The number of nitriles is 1. The highest BCUT2D eigenvalue weighted by Gasteiger charge is 2.34. The van der Waals surface area contributed by atoms with E-state index in [-0.39, 0.29) is 22.8 Å². The van der Waals surface area contributed by atoms with E-state index in [1.54, 1.807) is 16.8 Å². The van der Waals surface area contributed by atoms with Gasteiger partial charge in [-0.1, -0.05) is 15.9 Å². The first-order valence-corrected chi connectivity index (χ1v) is 10.1. The molecule has 158 valence electrons. The molecule has 0 fully saturated rings. The zero-order valence-corrected chi connectivity index (χ0v) is 18.6. The fraction of sp³-hybridized carbons (Fsp3) is 0.182. The highest BCUT2D eigenvalue weighted by atomic mass is 79.9. The molecule has 8 nitrogen and oxygen atoms in total. The van der Waals surface area contributed by atoms with Gasteiger partial charge in [-0.25, -0.2) is 4.68 Å². The van der Waals surface area contributed by atoms with Gasteiger partial charge in [-0.05, 0) is 48.9 Å². The third-order valence-corrected chi connectivity index (χ3v) is 5.55. The lowest BCUT2D eigenvalue weighted by Gasteiger charge is -2.25. The standard InChI is InChI=1S/C22H19BrN4O4/c1-11-18-19(12-8-16(29-2)20(28)17(9-12)30-3)15(10-24)21(25)31-22(18)27(26-11)14-6-4-13(23)5-7-14/h4-9,21,28H,25H2,1-3H3. The number of benzene rings is 2. The number of phenols is 1. The minimum absolute atomic E-state index is 0.133. The van der Waals surface area contributed by atoms with E-state index < -0.39 is 6.23 Å². The molecule has 3 N–H and O–H groups in total. The molecule has 0 radical (unpaired) electrons. The molecule has 9 heteroatoms. The zero-order valence-electron chi connectivity index (χ0n) is 17.0. The van der Waals surface area contributed by atoms with E-state index in [9.17, 15) is 10.4 Å². The summed E-state index contributed by atoms with van der Waals surface area (Å²) in [5, 5.41) is 24.8. The third-order valence-electron chi connectivity index (χ3n) is 5.02. The van der Waals surface area contributed by atoms with Gasteiger partial charge in [-0.15, -0.1) is 0 Å². The van der Waals surface area contributed by atoms with E-state index in [1.807, 2.05) is 31.2 Å². The minimum Gasteiger partial charge on any atom is -0.502 e. The van der Waals surface area contributed by atoms with Gasteiger partial charge in [0.25, 0.3) is 0 Å². The summed E-state index contributed by atoms with van der Waals surface area (Å²) < 4.78 is 19.1. The Hall–Kier alpha value is -3.48. The molecular weight excluding hydrogens is 464 g/mol. The minimum atomic E-state index is -0.997. The van der Waals surface area contributed by atoms with Crippen molar-refractivity contribution in [3.8, 4) is 34.9 Å². The van der Waals surface area contributed by atoms with Gasteiger partial charge in [0.05, 0.1) is 36.7 Å². The Morgan fingerprint density at radius 2 is 1.81 bits per heavy atom. The summed E-state index contributed by atoms with van der Waals surface area (Å²) >= 11 is 3.43. The van der Waals surface area contributed by atoms with Gasteiger partial charge in [0, 0.05) is 10.0 Å². The molecule has 31 heavy (non-hydrogen) atoms. The second-order valence-electron chi connectivity index (χ2n) is 6.82. The maximum Gasteiger partial charge on any atom is 0.226 e. The van der Waals surface area contributed by atoms with Crippen molar-refractivity contribution in [3.05, 3.63) is 63.3 Å². The zero-order chi connectivity index (χ0) is 22.3. The van der Waals surface area contributed by atoms with Gasteiger partial charge in [0.15, 0.2) is 17.7 Å². The number of rotatable bonds is 4. The summed E-state index contributed by atoms with van der Waals surface area (Å²) in [6.45, 7) is 1.83. The van der Waals surface area contributed by atoms with Gasteiger partial charge in [0.1, 0.15) is 6.07 Å². The van der Waals surface area contributed by atoms with Crippen molar-refractivity contribution in [2.24, 2.45) is 5.73 Å². The van der Waals surface area contributed by atoms with E-state index in [1.165, 1.54) is 14.2 Å². The number of hydrogen-bond donors (Lipinski definition) is 2. The number of hydrogen-bond acceptors (Lipinski definition) is 7. The molecule has 1 atom stereocenters. The van der Waals surface area contributed by atoms with Gasteiger partial charge in [0.2, 0.25) is 11.6 Å². The van der Waals surface area contributed by atoms with Gasteiger partial charge < -0.3 is 19.3 Å². The Bertz CT molecular complexity index is 1220. The van der Waals surface area contributed by atoms with Gasteiger partial charge in [-0.3, -0.25) is 5.73 Å². The topological polar surface area (TPSA) is 116 Å². The van der Waals surface area contributed by atoms with Crippen LogP contribution in [0.25, 0.3) is 11.3 Å². The number of fused-ring (bicyclic) bond motifs is 1. The second-order valence-corrected chi connectivity index (χ2v) is 7.74. The smallest absolute Gasteiger partial charge is 0.226 e. The molecule has 0 aliphatic carbocycles. The Morgan fingerprint density at radius 1 is 1.19 bits per heavy atom. The van der Waals surface area contributed by atoms with Crippen LogP contribution in [0.5, 0.6) is 23.1 Å². The predicted octanol–water partition coefficient (Wildman–Crippen LogP) is 3.67. The van der Waals surface area contributed by atoms with Crippen LogP contribution in [0.15, 0.2) is 46.4 Å². The Kier molecular flexibility index (Phi) is 5.35. The Balaban J connectivity index is 2.00. The van der Waals surface area contributed by atoms with Crippen molar-refractivity contribution < 1.29 is 19.3 Å². The number of methoxy groups -OCH3 is 2. The largest absolute Gasteiger partial charge is 0.502 e. The highest BCUT2D eigenvalue weighted by molar-refractivity contribution is 9.10. The molecule has 0 spiro atoms. The van der Waals surface area contributed by atoms with Gasteiger partial charge in [-0.2, -0.15) is 10.4 Å². The van der Waals surface area contributed by atoms with Crippen LogP contribution >= 0.6 is 15.9 Å². The number of phenolic OH excluding ortho intramolecular Hbond substituents is 1. The van der Waals surface area contributed by atoms with Crippen molar-refractivity contribution in [3.63, 3.8) is 0 Å². The second kappa shape index (κ2) is 7.98. The molecule has 2 aromatic carbocycles. The Morgan fingerprint density at radius 3 is 2.35 bits per heavy atom. The monoisotopic (exact) mass is 482 g/mol. The number of nitrogens with two attached hydrogens (primary N) is 1. The van der Waals surface area contributed by atoms with Crippen LogP contribution < -0.4 is 19.9 Å². The number of ether oxygens (including phenoxy) is 3. The molecule has 0 bridgehead atoms. The van der Waals surface area contributed by atoms with Crippen LogP contribution in [0, 0.1) is 18.3 Å². The number of aryl methyl sites for hydroxylation is 1. The number of nitrogens with zero attached hydrogens (tertiary/aromatic N) is 3. The van der Waals surface area contributed by atoms with E-state index in [0.717, 1.165) is 10.2 Å². The molecule has 0 amide bonds. The van der Waals surface area contributed by atoms with Crippen LogP contribution in [0.2, 0.25) is 0 Å². The SMILES string of the molecule is COc1cc(C2=C(C#N)C(N)Oc3c2c(C)nn3-c2ccc(Br)cc2)cc(OC)c1O. The highest BCUT2D eigenvalue weighted by Crippen LogP contribution is 2.46. The van der Waals surface area contributed by atoms with Crippen LogP contribution in [0.1, 0.15) is 16.8 Å². The average Bonchev–Trinajstić information content (AvgIpc) is 3.09. The maximum absolute atomic E-state index is 10.3. The summed E-state index contributed by atoms with van der Waals surface area (Å²) in [6, 6.07) is 13.0. The molecule has 1 aliphatic heterocycles. The van der Waals surface area contributed by atoms with Crippen LogP contribution in [0.4, 0.5) is 0 Å².